The molecule has 3 heteroatoms. The summed E-state index contributed by atoms with van der Waals surface area (Å²) in [7, 11) is 1.45. The van der Waals surface area contributed by atoms with Gasteiger partial charge in [0.05, 0.1) is 13.5 Å². The SMILES string of the molecule is CCc1cccc(CC)c1CC(=O)NOC. The van der Waals surface area contributed by atoms with Gasteiger partial charge in [-0.1, -0.05) is 32.0 Å². The number of carbonyl (C=O) groups excluding carboxylic acids is 1. The van der Waals surface area contributed by atoms with Crippen molar-refractivity contribution in [2.75, 3.05) is 7.11 Å². The van der Waals surface area contributed by atoms with Crippen molar-refractivity contribution in [1.29, 1.82) is 0 Å². The number of rotatable bonds is 5. The monoisotopic (exact) mass is 221 g/mol. The Balaban J connectivity index is 2.95. The molecule has 0 fully saturated rings. The van der Waals surface area contributed by atoms with E-state index in [1.54, 1.807) is 0 Å². The van der Waals surface area contributed by atoms with Crippen LogP contribution >= 0.6 is 0 Å². The van der Waals surface area contributed by atoms with Gasteiger partial charge in [-0.25, -0.2) is 5.48 Å². The molecule has 0 spiro atoms. The first kappa shape index (κ1) is 12.7. The fourth-order valence-corrected chi connectivity index (χ4v) is 1.89. The summed E-state index contributed by atoms with van der Waals surface area (Å²) in [6.07, 6.45) is 2.29. The molecule has 0 atom stereocenters. The molecule has 88 valence electrons. The highest BCUT2D eigenvalue weighted by Crippen LogP contribution is 2.17. The third kappa shape index (κ3) is 3.07. The number of hydroxylamine groups is 1. The minimum Gasteiger partial charge on any atom is -0.277 e. The molecule has 1 rings (SSSR count). The van der Waals surface area contributed by atoms with Crippen LogP contribution in [0.15, 0.2) is 18.2 Å². The maximum atomic E-state index is 11.5. The van der Waals surface area contributed by atoms with Crippen LogP contribution in [0.4, 0.5) is 0 Å². The molecular weight excluding hydrogens is 202 g/mol. The van der Waals surface area contributed by atoms with Crippen LogP contribution in [0, 0.1) is 0 Å². The fourth-order valence-electron chi connectivity index (χ4n) is 1.89. The summed E-state index contributed by atoms with van der Waals surface area (Å²) < 4.78 is 0. The highest BCUT2D eigenvalue weighted by atomic mass is 16.6. The summed E-state index contributed by atoms with van der Waals surface area (Å²) in [4.78, 5) is 16.1. The zero-order valence-corrected chi connectivity index (χ0v) is 10.2. The highest BCUT2D eigenvalue weighted by Gasteiger charge is 2.10. The van der Waals surface area contributed by atoms with Crippen LogP contribution in [0.25, 0.3) is 0 Å². The van der Waals surface area contributed by atoms with Crippen LogP contribution < -0.4 is 5.48 Å². The Morgan fingerprint density at radius 3 is 2.25 bits per heavy atom. The molecule has 3 nitrogen and oxygen atoms in total. The lowest BCUT2D eigenvalue weighted by molar-refractivity contribution is -0.130. The van der Waals surface area contributed by atoms with Crippen molar-refractivity contribution >= 4 is 5.91 Å². The lowest BCUT2D eigenvalue weighted by Gasteiger charge is -2.12. The number of benzene rings is 1. The summed E-state index contributed by atoms with van der Waals surface area (Å²) in [5.74, 6) is -0.0990. The minimum atomic E-state index is -0.0990. The molecular formula is C13H19NO2. The average molecular weight is 221 g/mol. The Bertz CT molecular complexity index is 339. The van der Waals surface area contributed by atoms with Gasteiger partial charge in [-0.3, -0.25) is 9.63 Å². The van der Waals surface area contributed by atoms with E-state index < -0.39 is 0 Å². The van der Waals surface area contributed by atoms with E-state index in [4.69, 9.17) is 0 Å². The molecule has 0 aliphatic heterocycles. The predicted octanol–water partition coefficient (Wildman–Crippen LogP) is 2.03. The van der Waals surface area contributed by atoms with Crippen molar-refractivity contribution in [3.8, 4) is 0 Å². The van der Waals surface area contributed by atoms with E-state index in [0.717, 1.165) is 18.4 Å². The molecule has 0 saturated heterocycles. The predicted molar refractivity (Wildman–Crippen MR) is 64.1 cm³/mol. The lowest BCUT2D eigenvalue weighted by Crippen LogP contribution is -2.24. The number of amides is 1. The Hall–Kier alpha value is -1.35. The first-order valence-corrected chi connectivity index (χ1v) is 5.64. The molecule has 16 heavy (non-hydrogen) atoms. The van der Waals surface area contributed by atoms with Crippen molar-refractivity contribution in [2.45, 2.75) is 33.1 Å². The third-order valence-electron chi connectivity index (χ3n) is 2.69. The van der Waals surface area contributed by atoms with Gasteiger partial charge in [0.15, 0.2) is 0 Å². The van der Waals surface area contributed by atoms with E-state index >= 15 is 0 Å². The molecule has 0 bridgehead atoms. The molecule has 0 radical (unpaired) electrons. The lowest BCUT2D eigenvalue weighted by atomic mass is 9.95. The van der Waals surface area contributed by atoms with Gasteiger partial charge in [-0.05, 0) is 29.5 Å². The number of hydrogen-bond donors (Lipinski definition) is 1. The maximum absolute atomic E-state index is 11.5. The highest BCUT2D eigenvalue weighted by molar-refractivity contribution is 5.78. The van der Waals surface area contributed by atoms with Crippen LogP contribution in [0.1, 0.15) is 30.5 Å². The Kier molecular flexibility index (Phi) is 4.99. The van der Waals surface area contributed by atoms with Crippen molar-refractivity contribution in [2.24, 2.45) is 0 Å². The van der Waals surface area contributed by atoms with Crippen LogP contribution in [-0.2, 0) is 28.9 Å². The first-order chi connectivity index (χ1) is 7.72. The van der Waals surface area contributed by atoms with E-state index in [1.165, 1.54) is 18.2 Å². The second-order valence-electron chi connectivity index (χ2n) is 3.67. The molecule has 0 heterocycles. The van der Waals surface area contributed by atoms with E-state index in [2.05, 4.69) is 42.4 Å². The van der Waals surface area contributed by atoms with Gasteiger partial charge < -0.3 is 0 Å². The molecule has 0 unspecified atom stereocenters. The molecule has 0 aliphatic carbocycles. The number of aryl methyl sites for hydroxylation is 2. The van der Waals surface area contributed by atoms with Crippen molar-refractivity contribution in [1.82, 2.24) is 5.48 Å². The van der Waals surface area contributed by atoms with E-state index in [9.17, 15) is 4.79 Å². The summed E-state index contributed by atoms with van der Waals surface area (Å²) in [5.41, 5.74) is 5.98. The standard InChI is InChI=1S/C13H19NO2/c1-4-10-7-6-8-11(5-2)12(10)9-13(15)14-16-3/h6-8H,4-5,9H2,1-3H3,(H,14,15). The van der Waals surface area contributed by atoms with Gasteiger partial charge in [0.1, 0.15) is 0 Å². The Morgan fingerprint density at radius 1 is 1.25 bits per heavy atom. The zero-order valence-electron chi connectivity index (χ0n) is 10.2. The van der Waals surface area contributed by atoms with Crippen LogP contribution in [0.5, 0.6) is 0 Å². The second kappa shape index (κ2) is 6.28. The Morgan fingerprint density at radius 2 is 1.81 bits per heavy atom. The first-order valence-electron chi connectivity index (χ1n) is 5.64. The van der Waals surface area contributed by atoms with Crippen molar-refractivity contribution in [3.05, 3.63) is 34.9 Å². The third-order valence-corrected chi connectivity index (χ3v) is 2.69. The van der Waals surface area contributed by atoms with E-state index in [-0.39, 0.29) is 5.91 Å². The van der Waals surface area contributed by atoms with Gasteiger partial charge >= 0.3 is 0 Å². The number of nitrogens with one attached hydrogen (secondary N) is 1. The summed E-state index contributed by atoms with van der Waals surface area (Å²) in [5, 5.41) is 0. The molecule has 0 aliphatic rings. The Labute approximate surface area is 96.8 Å². The summed E-state index contributed by atoms with van der Waals surface area (Å²) in [6.45, 7) is 4.21. The molecule has 1 aromatic rings. The van der Waals surface area contributed by atoms with Crippen LogP contribution in [0.2, 0.25) is 0 Å². The normalized spacial score (nSPS) is 10.2. The topological polar surface area (TPSA) is 38.3 Å². The zero-order chi connectivity index (χ0) is 12.0. The van der Waals surface area contributed by atoms with E-state index in [0.29, 0.717) is 6.42 Å². The van der Waals surface area contributed by atoms with E-state index in [1.807, 2.05) is 0 Å². The quantitative estimate of drug-likeness (QED) is 0.773. The average Bonchev–Trinajstić information content (AvgIpc) is 2.29. The fraction of sp³-hybridized carbons (Fsp3) is 0.462. The molecule has 1 aromatic carbocycles. The van der Waals surface area contributed by atoms with Gasteiger partial charge in [0.25, 0.3) is 0 Å². The van der Waals surface area contributed by atoms with Gasteiger partial charge in [-0.2, -0.15) is 0 Å². The van der Waals surface area contributed by atoms with Crippen LogP contribution in [-0.4, -0.2) is 13.0 Å². The number of hydrogen-bond acceptors (Lipinski definition) is 2. The maximum Gasteiger partial charge on any atom is 0.247 e. The minimum absolute atomic E-state index is 0.0990. The molecule has 0 saturated carbocycles. The van der Waals surface area contributed by atoms with Gasteiger partial charge in [-0.15, -0.1) is 0 Å². The molecule has 0 aromatic heterocycles. The smallest absolute Gasteiger partial charge is 0.247 e. The molecule has 1 amide bonds. The van der Waals surface area contributed by atoms with Gasteiger partial charge in [0, 0.05) is 0 Å². The second-order valence-corrected chi connectivity index (χ2v) is 3.67. The van der Waals surface area contributed by atoms with Crippen molar-refractivity contribution in [3.63, 3.8) is 0 Å². The summed E-state index contributed by atoms with van der Waals surface area (Å²) in [6, 6.07) is 6.21. The largest absolute Gasteiger partial charge is 0.277 e. The summed E-state index contributed by atoms with van der Waals surface area (Å²) >= 11 is 0. The van der Waals surface area contributed by atoms with Crippen molar-refractivity contribution < 1.29 is 9.63 Å². The number of carbonyl (C=O) groups is 1. The molecule has 1 N–H and O–H groups in total. The van der Waals surface area contributed by atoms with Crippen LogP contribution in [0.3, 0.4) is 0 Å². The van der Waals surface area contributed by atoms with Gasteiger partial charge in [0.2, 0.25) is 5.91 Å².